The molecule has 0 amide bonds. The molecule has 0 radical (unpaired) electrons. The van der Waals surface area contributed by atoms with Gasteiger partial charge < -0.3 is 5.11 Å². The molecule has 0 saturated heterocycles. The van der Waals surface area contributed by atoms with Crippen LogP contribution in [0.2, 0.25) is 0 Å². The van der Waals surface area contributed by atoms with Gasteiger partial charge in [0.15, 0.2) is 0 Å². The standard InChI is InChI=1S/C12H14OS/c1-12(2,13)9-8-10-6-4-5-7-11(10)14-3/h4-7,13H,1-3H3. The molecule has 1 N–H and O–H groups in total. The van der Waals surface area contributed by atoms with E-state index in [2.05, 4.69) is 11.8 Å². The van der Waals surface area contributed by atoms with Crippen molar-refractivity contribution in [3.05, 3.63) is 29.8 Å². The Labute approximate surface area is 89.5 Å². The minimum absolute atomic E-state index is 0.925. The van der Waals surface area contributed by atoms with E-state index in [-0.39, 0.29) is 0 Å². The summed E-state index contributed by atoms with van der Waals surface area (Å²) in [6.45, 7) is 3.36. The molecule has 1 nitrogen and oxygen atoms in total. The van der Waals surface area contributed by atoms with Crippen molar-refractivity contribution in [3.8, 4) is 11.8 Å². The topological polar surface area (TPSA) is 20.2 Å². The van der Waals surface area contributed by atoms with Gasteiger partial charge >= 0.3 is 0 Å². The lowest BCUT2D eigenvalue weighted by atomic mass is 10.1. The Morgan fingerprint density at radius 3 is 2.50 bits per heavy atom. The van der Waals surface area contributed by atoms with Crippen LogP contribution in [0.3, 0.4) is 0 Å². The highest BCUT2D eigenvalue weighted by Crippen LogP contribution is 2.18. The average molecular weight is 206 g/mol. The molecular formula is C12H14OS. The summed E-state index contributed by atoms with van der Waals surface area (Å²) in [6.07, 6.45) is 2.02. The number of hydrogen-bond acceptors (Lipinski definition) is 2. The zero-order valence-electron chi connectivity index (χ0n) is 8.66. The lowest BCUT2D eigenvalue weighted by Gasteiger charge is -2.06. The van der Waals surface area contributed by atoms with Gasteiger partial charge in [-0.15, -0.1) is 11.8 Å². The molecule has 0 fully saturated rings. The van der Waals surface area contributed by atoms with Crippen LogP contribution < -0.4 is 0 Å². The molecule has 74 valence electrons. The van der Waals surface area contributed by atoms with E-state index >= 15 is 0 Å². The minimum Gasteiger partial charge on any atom is -0.378 e. The summed E-state index contributed by atoms with van der Waals surface area (Å²) >= 11 is 1.66. The number of thioether (sulfide) groups is 1. The van der Waals surface area contributed by atoms with Gasteiger partial charge in [0, 0.05) is 10.5 Å². The predicted octanol–water partition coefficient (Wildman–Crippen LogP) is 2.53. The van der Waals surface area contributed by atoms with Crippen LogP contribution in [-0.2, 0) is 0 Å². The van der Waals surface area contributed by atoms with E-state index in [1.807, 2.05) is 30.5 Å². The molecule has 14 heavy (non-hydrogen) atoms. The van der Waals surface area contributed by atoms with Crippen molar-refractivity contribution in [2.45, 2.75) is 24.3 Å². The highest BCUT2D eigenvalue weighted by molar-refractivity contribution is 7.98. The maximum absolute atomic E-state index is 9.46. The summed E-state index contributed by atoms with van der Waals surface area (Å²) in [6, 6.07) is 7.93. The SMILES string of the molecule is CSc1ccccc1C#CC(C)(C)O. The van der Waals surface area contributed by atoms with Gasteiger partial charge in [-0.1, -0.05) is 24.0 Å². The molecule has 1 aromatic carbocycles. The first-order valence-corrected chi connectivity index (χ1v) is 5.64. The number of rotatable bonds is 1. The van der Waals surface area contributed by atoms with E-state index in [4.69, 9.17) is 0 Å². The van der Waals surface area contributed by atoms with E-state index in [1.165, 1.54) is 0 Å². The molecule has 0 bridgehead atoms. The van der Waals surface area contributed by atoms with Crippen molar-refractivity contribution in [2.24, 2.45) is 0 Å². The van der Waals surface area contributed by atoms with Gasteiger partial charge in [-0.3, -0.25) is 0 Å². The number of aliphatic hydroxyl groups is 1. The summed E-state index contributed by atoms with van der Waals surface area (Å²) < 4.78 is 0. The zero-order valence-corrected chi connectivity index (χ0v) is 9.48. The fourth-order valence-corrected chi connectivity index (χ4v) is 1.52. The van der Waals surface area contributed by atoms with Gasteiger partial charge in [0.25, 0.3) is 0 Å². The average Bonchev–Trinajstić information content (AvgIpc) is 2.14. The third-order valence-corrected chi connectivity index (χ3v) is 2.41. The molecule has 0 atom stereocenters. The smallest absolute Gasteiger partial charge is 0.120 e. The molecule has 0 aliphatic heterocycles. The Morgan fingerprint density at radius 2 is 1.93 bits per heavy atom. The molecule has 0 heterocycles. The van der Waals surface area contributed by atoms with Crippen molar-refractivity contribution in [1.29, 1.82) is 0 Å². The van der Waals surface area contributed by atoms with Gasteiger partial charge in [-0.25, -0.2) is 0 Å². The fourth-order valence-electron chi connectivity index (χ4n) is 0.968. The Kier molecular flexibility index (Phi) is 3.62. The summed E-state index contributed by atoms with van der Waals surface area (Å²) in [4.78, 5) is 1.14. The maximum atomic E-state index is 9.46. The first-order valence-electron chi connectivity index (χ1n) is 4.41. The van der Waals surface area contributed by atoms with Gasteiger partial charge in [-0.05, 0) is 32.2 Å². The first-order chi connectivity index (χ1) is 6.53. The second-order valence-electron chi connectivity index (χ2n) is 3.51. The van der Waals surface area contributed by atoms with Crippen LogP contribution in [0.1, 0.15) is 19.4 Å². The van der Waals surface area contributed by atoms with Crippen LogP contribution in [-0.4, -0.2) is 17.0 Å². The third-order valence-electron chi connectivity index (χ3n) is 1.61. The monoisotopic (exact) mass is 206 g/mol. The second-order valence-corrected chi connectivity index (χ2v) is 4.36. The molecule has 0 aliphatic rings. The van der Waals surface area contributed by atoms with Crippen LogP contribution >= 0.6 is 11.8 Å². The summed E-state index contributed by atoms with van der Waals surface area (Å²) in [5, 5.41) is 9.46. The molecular weight excluding hydrogens is 192 g/mol. The maximum Gasteiger partial charge on any atom is 0.120 e. The van der Waals surface area contributed by atoms with Crippen LogP contribution in [0.5, 0.6) is 0 Å². The molecule has 1 aromatic rings. The molecule has 0 aromatic heterocycles. The van der Waals surface area contributed by atoms with Crippen molar-refractivity contribution < 1.29 is 5.11 Å². The summed E-state index contributed by atoms with van der Waals surface area (Å²) in [5.74, 6) is 5.79. The van der Waals surface area contributed by atoms with Crippen LogP contribution in [0.25, 0.3) is 0 Å². The van der Waals surface area contributed by atoms with Crippen LogP contribution in [0.15, 0.2) is 29.2 Å². The van der Waals surface area contributed by atoms with E-state index in [0.29, 0.717) is 0 Å². The zero-order chi connectivity index (χ0) is 10.6. The van der Waals surface area contributed by atoms with Crippen molar-refractivity contribution in [1.82, 2.24) is 0 Å². The summed E-state index contributed by atoms with van der Waals surface area (Å²) in [7, 11) is 0. The number of hydrogen-bond donors (Lipinski definition) is 1. The largest absolute Gasteiger partial charge is 0.378 e. The quantitative estimate of drug-likeness (QED) is 0.563. The Balaban J connectivity index is 3.00. The Hall–Kier alpha value is -0.910. The molecule has 0 aliphatic carbocycles. The molecule has 0 spiro atoms. The highest BCUT2D eigenvalue weighted by atomic mass is 32.2. The normalized spacial score (nSPS) is 10.6. The Morgan fingerprint density at radius 1 is 1.29 bits per heavy atom. The molecule has 1 rings (SSSR count). The van der Waals surface area contributed by atoms with E-state index in [0.717, 1.165) is 10.5 Å². The van der Waals surface area contributed by atoms with Crippen molar-refractivity contribution >= 4 is 11.8 Å². The van der Waals surface area contributed by atoms with Crippen molar-refractivity contribution in [2.75, 3.05) is 6.26 Å². The Bertz CT molecular complexity index is 366. The molecule has 0 unspecified atom stereocenters. The first kappa shape index (κ1) is 11.2. The van der Waals surface area contributed by atoms with Crippen molar-refractivity contribution in [3.63, 3.8) is 0 Å². The lowest BCUT2D eigenvalue weighted by molar-refractivity contribution is 0.143. The number of benzene rings is 1. The third kappa shape index (κ3) is 3.45. The fraction of sp³-hybridized carbons (Fsp3) is 0.333. The predicted molar refractivity (Wildman–Crippen MR) is 61.4 cm³/mol. The van der Waals surface area contributed by atoms with E-state index in [9.17, 15) is 5.11 Å². The van der Waals surface area contributed by atoms with Crippen LogP contribution in [0, 0.1) is 11.8 Å². The van der Waals surface area contributed by atoms with Gasteiger partial charge in [0.2, 0.25) is 0 Å². The van der Waals surface area contributed by atoms with Gasteiger partial charge in [0.1, 0.15) is 5.60 Å². The summed E-state index contributed by atoms with van der Waals surface area (Å²) in [5.41, 5.74) is 0.0491. The highest BCUT2D eigenvalue weighted by Gasteiger charge is 2.06. The second kappa shape index (κ2) is 4.54. The molecule has 0 saturated carbocycles. The van der Waals surface area contributed by atoms with Gasteiger partial charge in [-0.2, -0.15) is 0 Å². The van der Waals surface area contributed by atoms with Gasteiger partial charge in [0.05, 0.1) is 0 Å². The lowest BCUT2D eigenvalue weighted by Crippen LogP contribution is -2.14. The molecule has 2 heteroatoms. The van der Waals surface area contributed by atoms with E-state index < -0.39 is 5.60 Å². The minimum atomic E-state index is -0.925. The van der Waals surface area contributed by atoms with Crippen LogP contribution in [0.4, 0.5) is 0 Å². The van der Waals surface area contributed by atoms with E-state index in [1.54, 1.807) is 25.6 Å².